The lowest BCUT2D eigenvalue weighted by molar-refractivity contribution is 0.0120. The van der Waals surface area contributed by atoms with Crippen molar-refractivity contribution in [3.63, 3.8) is 0 Å². The molecule has 0 aromatic heterocycles. The number of ketones is 1. The van der Waals surface area contributed by atoms with Crippen LogP contribution in [0, 0.1) is 0 Å². The molecule has 1 atom stereocenters. The Kier molecular flexibility index (Phi) is 7.39. The van der Waals surface area contributed by atoms with E-state index in [-0.39, 0.29) is 18.5 Å². The normalized spacial score (nSPS) is 12.7. The number of benzene rings is 1. The van der Waals surface area contributed by atoms with Gasteiger partial charge < -0.3 is 14.2 Å². The largest absolute Gasteiger partial charge is 0.460 e. The summed E-state index contributed by atoms with van der Waals surface area (Å²) in [6.45, 7) is 7.99. The Balaban J connectivity index is 2.56. The Bertz CT molecular complexity index is 519. The minimum atomic E-state index is -0.894. The number of hydrogen-bond acceptors (Lipinski definition) is 5. The van der Waals surface area contributed by atoms with Crippen molar-refractivity contribution in [2.24, 2.45) is 0 Å². The predicted octanol–water partition coefficient (Wildman–Crippen LogP) is 3.27. The molecular formula is C18H26O5. The number of ether oxygens (including phenoxy) is 3. The Hall–Kier alpha value is -1.72. The van der Waals surface area contributed by atoms with Gasteiger partial charge in [-0.3, -0.25) is 4.79 Å². The van der Waals surface area contributed by atoms with E-state index in [1.165, 1.54) is 7.11 Å². The summed E-state index contributed by atoms with van der Waals surface area (Å²) in [6, 6.07) is 6.37. The molecule has 0 amide bonds. The molecule has 0 saturated carbocycles. The molecule has 0 spiro atoms. The van der Waals surface area contributed by atoms with Crippen LogP contribution in [0.25, 0.3) is 0 Å². The molecule has 0 fully saturated rings. The molecule has 5 nitrogen and oxygen atoms in total. The fraction of sp³-hybridized carbons (Fsp3) is 0.556. The van der Waals surface area contributed by atoms with Crippen LogP contribution in [-0.4, -0.2) is 43.8 Å². The van der Waals surface area contributed by atoms with Gasteiger partial charge in [0.05, 0.1) is 18.3 Å². The molecule has 0 N–H and O–H groups in total. The summed E-state index contributed by atoms with van der Waals surface area (Å²) in [6.07, 6.45) is 1.07. The van der Waals surface area contributed by atoms with E-state index in [0.717, 1.165) is 6.42 Å². The van der Waals surface area contributed by atoms with Crippen LogP contribution in [0.3, 0.4) is 0 Å². The quantitative estimate of drug-likeness (QED) is 0.397. The van der Waals surface area contributed by atoms with Gasteiger partial charge in [-0.2, -0.15) is 0 Å². The molecule has 0 bridgehead atoms. The van der Waals surface area contributed by atoms with E-state index in [2.05, 4.69) is 0 Å². The molecule has 5 heteroatoms. The SMILES string of the molecule is CCC(C)OCCOC(=O)c1ccc(C(=O)C(C)(C)OC)cc1. The van der Waals surface area contributed by atoms with E-state index >= 15 is 0 Å². The minimum Gasteiger partial charge on any atom is -0.460 e. The zero-order chi connectivity index (χ0) is 17.5. The molecule has 0 aliphatic heterocycles. The van der Waals surface area contributed by atoms with Gasteiger partial charge in [0, 0.05) is 12.7 Å². The molecule has 1 aromatic rings. The summed E-state index contributed by atoms with van der Waals surface area (Å²) in [5.74, 6) is -0.565. The van der Waals surface area contributed by atoms with Crippen molar-refractivity contribution in [1.82, 2.24) is 0 Å². The molecule has 0 heterocycles. The third-order valence-corrected chi connectivity index (χ3v) is 3.73. The number of Topliss-reactive ketones (excluding diaryl/α,β-unsaturated/α-hetero) is 1. The standard InChI is InChI=1S/C18H26O5/c1-6-13(2)22-11-12-23-17(20)15-9-7-14(8-10-15)16(19)18(3,4)21-5/h7-10,13H,6,11-12H2,1-5H3. The lowest BCUT2D eigenvalue weighted by atomic mass is 9.96. The molecule has 1 rings (SSSR count). The summed E-state index contributed by atoms with van der Waals surface area (Å²) < 4.78 is 15.8. The van der Waals surface area contributed by atoms with Crippen LogP contribution in [0.2, 0.25) is 0 Å². The zero-order valence-electron chi connectivity index (χ0n) is 14.5. The Labute approximate surface area is 137 Å². The zero-order valence-corrected chi connectivity index (χ0v) is 14.5. The highest BCUT2D eigenvalue weighted by molar-refractivity contribution is 6.02. The van der Waals surface area contributed by atoms with Gasteiger partial charge in [-0.25, -0.2) is 4.79 Å². The number of carbonyl (C=O) groups excluding carboxylic acids is 2. The Morgan fingerprint density at radius 1 is 1.09 bits per heavy atom. The van der Waals surface area contributed by atoms with Gasteiger partial charge in [0.25, 0.3) is 0 Å². The van der Waals surface area contributed by atoms with Crippen molar-refractivity contribution in [2.45, 2.75) is 45.8 Å². The summed E-state index contributed by atoms with van der Waals surface area (Å²) >= 11 is 0. The van der Waals surface area contributed by atoms with Crippen LogP contribution in [0.5, 0.6) is 0 Å². The molecule has 0 radical (unpaired) electrons. The lowest BCUT2D eigenvalue weighted by Crippen LogP contribution is -2.33. The van der Waals surface area contributed by atoms with Crippen molar-refractivity contribution < 1.29 is 23.8 Å². The summed E-state index contributed by atoms with van der Waals surface area (Å²) in [5.41, 5.74) is 0.00354. The highest BCUT2D eigenvalue weighted by Crippen LogP contribution is 2.17. The first-order valence-electron chi connectivity index (χ1n) is 7.80. The second-order valence-electron chi connectivity index (χ2n) is 5.85. The maximum absolute atomic E-state index is 12.2. The van der Waals surface area contributed by atoms with Gasteiger partial charge in [-0.1, -0.05) is 19.1 Å². The minimum absolute atomic E-state index is 0.137. The maximum atomic E-state index is 12.2. The van der Waals surface area contributed by atoms with Gasteiger partial charge in [0.2, 0.25) is 0 Å². The Morgan fingerprint density at radius 2 is 1.65 bits per heavy atom. The van der Waals surface area contributed by atoms with Crippen LogP contribution >= 0.6 is 0 Å². The van der Waals surface area contributed by atoms with Crippen LogP contribution in [-0.2, 0) is 14.2 Å². The van der Waals surface area contributed by atoms with E-state index < -0.39 is 11.6 Å². The van der Waals surface area contributed by atoms with Crippen molar-refractivity contribution in [3.05, 3.63) is 35.4 Å². The summed E-state index contributed by atoms with van der Waals surface area (Å²) in [4.78, 5) is 24.1. The van der Waals surface area contributed by atoms with Gasteiger partial charge in [0.15, 0.2) is 5.78 Å². The Morgan fingerprint density at radius 3 is 2.17 bits per heavy atom. The first-order chi connectivity index (χ1) is 10.8. The van der Waals surface area contributed by atoms with Crippen molar-refractivity contribution in [3.8, 4) is 0 Å². The maximum Gasteiger partial charge on any atom is 0.338 e. The first-order valence-corrected chi connectivity index (χ1v) is 7.80. The molecule has 1 unspecified atom stereocenters. The van der Waals surface area contributed by atoms with Gasteiger partial charge >= 0.3 is 5.97 Å². The summed E-state index contributed by atoms with van der Waals surface area (Å²) in [5, 5.41) is 0. The van der Waals surface area contributed by atoms with Crippen LogP contribution in [0.1, 0.15) is 54.8 Å². The fourth-order valence-electron chi connectivity index (χ4n) is 1.78. The average molecular weight is 322 g/mol. The number of methoxy groups -OCH3 is 1. The monoisotopic (exact) mass is 322 g/mol. The molecule has 1 aromatic carbocycles. The van der Waals surface area contributed by atoms with Gasteiger partial charge in [-0.15, -0.1) is 0 Å². The summed E-state index contributed by atoms with van der Waals surface area (Å²) in [7, 11) is 1.49. The number of carbonyl (C=O) groups is 2. The van der Waals surface area contributed by atoms with Crippen molar-refractivity contribution in [1.29, 1.82) is 0 Å². The second-order valence-corrected chi connectivity index (χ2v) is 5.85. The average Bonchev–Trinajstić information content (AvgIpc) is 2.57. The van der Waals surface area contributed by atoms with Crippen molar-refractivity contribution in [2.75, 3.05) is 20.3 Å². The third kappa shape index (κ3) is 5.77. The number of rotatable bonds is 9. The smallest absolute Gasteiger partial charge is 0.338 e. The molecule has 0 saturated heterocycles. The topological polar surface area (TPSA) is 61.8 Å². The van der Waals surface area contributed by atoms with Crippen molar-refractivity contribution >= 4 is 11.8 Å². The van der Waals surface area contributed by atoms with E-state index in [1.54, 1.807) is 38.1 Å². The van der Waals surface area contributed by atoms with Crippen LogP contribution < -0.4 is 0 Å². The highest BCUT2D eigenvalue weighted by atomic mass is 16.6. The van der Waals surface area contributed by atoms with Gasteiger partial charge in [0.1, 0.15) is 12.2 Å². The van der Waals surface area contributed by atoms with E-state index in [9.17, 15) is 9.59 Å². The molecule has 128 valence electrons. The highest BCUT2D eigenvalue weighted by Gasteiger charge is 2.28. The second kappa shape index (κ2) is 8.79. The van der Waals surface area contributed by atoms with Crippen LogP contribution in [0.15, 0.2) is 24.3 Å². The van der Waals surface area contributed by atoms with Crippen LogP contribution in [0.4, 0.5) is 0 Å². The van der Waals surface area contributed by atoms with E-state index in [4.69, 9.17) is 14.2 Å². The lowest BCUT2D eigenvalue weighted by Gasteiger charge is -2.21. The molecule has 23 heavy (non-hydrogen) atoms. The number of esters is 1. The first kappa shape index (κ1) is 19.3. The third-order valence-electron chi connectivity index (χ3n) is 3.73. The molecule has 0 aliphatic rings. The van der Waals surface area contributed by atoms with E-state index in [0.29, 0.717) is 17.7 Å². The molecular weight excluding hydrogens is 296 g/mol. The molecule has 0 aliphatic carbocycles. The van der Waals surface area contributed by atoms with E-state index in [1.807, 2.05) is 13.8 Å². The fourth-order valence-corrected chi connectivity index (χ4v) is 1.78. The van der Waals surface area contributed by atoms with Gasteiger partial charge in [-0.05, 0) is 39.3 Å². The predicted molar refractivity (Wildman–Crippen MR) is 87.8 cm³/mol. The number of hydrogen-bond donors (Lipinski definition) is 0.